The fourth-order valence-electron chi connectivity index (χ4n) is 3.31. The quantitative estimate of drug-likeness (QED) is 0.841. The molecule has 1 aliphatic heterocycles. The van der Waals surface area contributed by atoms with Crippen molar-refractivity contribution in [2.24, 2.45) is 0 Å². The van der Waals surface area contributed by atoms with Crippen LogP contribution in [0.25, 0.3) is 0 Å². The van der Waals surface area contributed by atoms with Crippen LogP contribution in [-0.4, -0.2) is 44.9 Å². The number of aliphatic hydroxyl groups is 1. The van der Waals surface area contributed by atoms with Crippen molar-refractivity contribution in [2.75, 3.05) is 18.4 Å². The minimum atomic E-state index is -0.522. The Labute approximate surface area is 146 Å². The third-order valence-electron chi connectivity index (χ3n) is 4.38. The predicted octanol–water partition coefficient (Wildman–Crippen LogP) is 2.18. The fourth-order valence-corrected chi connectivity index (χ4v) is 3.31. The molecule has 1 aromatic heterocycles. The highest BCUT2D eigenvalue weighted by Crippen LogP contribution is 2.32. The number of anilines is 1. The second-order valence-corrected chi connectivity index (χ2v) is 6.38. The van der Waals surface area contributed by atoms with Gasteiger partial charge in [0, 0.05) is 25.2 Å². The van der Waals surface area contributed by atoms with E-state index in [4.69, 9.17) is 0 Å². The zero-order chi connectivity index (χ0) is 17.8. The lowest BCUT2D eigenvalue weighted by Gasteiger charge is -2.24. The predicted molar refractivity (Wildman–Crippen MR) is 92.5 cm³/mol. The van der Waals surface area contributed by atoms with Gasteiger partial charge in [-0.2, -0.15) is 5.10 Å². The first-order valence-electron chi connectivity index (χ1n) is 8.56. The van der Waals surface area contributed by atoms with E-state index in [1.165, 1.54) is 12.1 Å². The van der Waals surface area contributed by atoms with Gasteiger partial charge in [-0.3, -0.25) is 9.69 Å². The summed E-state index contributed by atoms with van der Waals surface area (Å²) in [7, 11) is 0. The Morgan fingerprint density at radius 1 is 1.44 bits per heavy atom. The van der Waals surface area contributed by atoms with E-state index in [0.717, 1.165) is 18.5 Å². The first-order valence-corrected chi connectivity index (χ1v) is 8.56. The Morgan fingerprint density at radius 3 is 3.04 bits per heavy atom. The van der Waals surface area contributed by atoms with Crippen LogP contribution in [0, 0.1) is 5.82 Å². The van der Waals surface area contributed by atoms with E-state index in [1.54, 1.807) is 23.0 Å². The van der Waals surface area contributed by atoms with E-state index < -0.39 is 6.10 Å². The van der Waals surface area contributed by atoms with Crippen LogP contribution in [0.5, 0.6) is 0 Å². The van der Waals surface area contributed by atoms with Crippen molar-refractivity contribution in [2.45, 2.75) is 38.5 Å². The number of benzene rings is 1. The van der Waals surface area contributed by atoms with Crippen LogP contribution in [-0.2, 0) is 11.3 Å². The van der Waals surface area contributed by atoms with E-state index in [9.17, 15) is 14.3 Å². The minimum absolute atomic E-state index is 0.134. The normalized spacial score (nSPS) is 20.8. The Morgan fingerprint density at radius 2 is 2.28 bits per heavy atom. The Bertz CT molecular complexity index is 733. The number of β-amino-alcohol motifs (C(OH)–C–C–N with tert-alkyl or cyclic N) is 1. The molecular formula is C18H23FN4O2. The molecule has 25 heavy (non-hydrogen) atoms. The lowest BCUT2D eigenvalue weighted by Crippen LogP contribution is -2.34. The summed E-state index contributed by atoms with van der Waals surface area (Å²) in [6.07, 6.45) is 2.54. The molecule has 7 heteroatoms. The maximum absolute atomic E-state index is 13.5. The number of nitrogens with one attached hydrogen (secondary N) is 1. The maximum Gasteiger partial charge on any atom is 0.239 e. The molecule has 0 saturated carbocycles. The Kier molecular flexibility index (Phi) is 5.45. The molecule has 1 aliphatic rings. The van der Waals surface area contributed by atoms with Gasteiger partial charge in [-0.1, -0.05) is 19.1 Å². The van der Waals surface area contributed by atoms with E-state index in [2.05, 4.69) is 10.4 Å². The molecule has 0 aliphatic carbocycles. The second kappa shape index (κ2) is 7.76. The smallest absolute Gasteiger partial charge is 0.239 e. The standard InChI is InChI=1S/C18H23FN4O2/c1-2-8-23-17(6-7-20-23)21-18(25)12-22-11-15(24)10-16(22)13-4-3-5-14(19)9-13/h3-7,9,15-16,24H,2,8,10-12H2,1H3,(H,21,25). The van der Waals surface area contributed by atoms with Gasteiger partial charge >= 0.3 is 0 Å². The molecule has 1 aromatic carbocycles. The van der Waals surface area contributed by atoms with Crippen molar-refractivity contribution in [1.82, 2.24) is 14.7 Å². The number of halogens is 1. The highest BCUT2D eigenvalue weighted by molar-refractivity contribution is 5.91. The van der Waals surface area contributed by atoms with E-state index in [-0.39, 0.29) is 24.3 Å². The topological polar surface area (TPSA) is 70.4 Å². The van der Waals surface area contributed by atoms with Crippen LogP contribution in [0.15, 0.2) is 36.5 Å². The van der Waals surface area contributed by atoms with Gasteiger partial charge in [-0.05, 0) is 30.5 Å². The first-order chi connectivity index (χ1) is 12.1. The summed E-state index contributed by atoms with van der Waals surface area (Å²) in [6.45, 7) is 3.30. The Hall–Kier alpha value is -2.25. The highest BCUT2D eigenvalue weighted by Gasteiger charge is 2.33. The number of likely N-dealkylation sites (tertiary alicyclic amines) is 1. The van der Waals surface area contributed by atoms with Crippen molar-refractivity contribution >= 4 is 11.7 Å². The summed E-state index contributed by atoms with van der Waals surface area (Å²) < 4.78 is 15.3. The van der Waals surface area contributed by atoms with Crippen molar-refractivity contribution in [3.8, 4) is 0 Å². The third-order valence-corrected chi connectivity index (χ3v) is 4.38. The first kappa shape index (κ1) is 17.6. The van der Waals surface area contributed by atoms with Crippen molar-refractivity contribution in [3.05, 3.63) is 47.9 Å². The zero-order valence-corrected chi connectivity index (χ0v) is 14.2. The minimum Gasteiger partial charge on any atom is -0.392 e. The van der Waals surface area contributed by atoms with Crippen LogP contribution in [0.4, 0.5) is 10.2 Å². The Balaban J connectivity index is 1.67. The van der Waals surface area contributed by atoms with E-state index in [1.807, 2.05) is 17.9 Å². The largest absolute Gasteiger partial charge is 0.392 e. The van der Waals surface area contributed by atoms with Crippen molar-refractivity contribution in [3.63, 3.8) is 0 Å². The van der Waals surface area contributed by atoms with E-state index >= 15 is 0 Å². The number of nitrogens with zero attached hydrogens (tertiary/aromatic N) is 3. The number of aromatic nitrogens is 2. The molecule has 2 N–H and O–H groups in total. The molecule has 1 amide bonds. The molecule has 2 aromatic rings. The summed E-state index contributed by atoms with van der Waals surface area (Å²) in [5.74, 6) is 0.175. The van der Waals surface area contributed by atoms with Gasteiger partial charge in [0.05, 0.1) is 18.8 Å². The number of aliphatic hydroxyl groups excluding tert-OH is 1. The van der Waals surface area contributed by atoms with Crippen LogP contribution in [0.1, 0.15) is 31.4 Å². The lowest BCUT2D eigenvalue weighted by atomic mass is 10.0. The molecule has 3 rings (SSSR count). The van der Waals surface area contributed by atoms with Gasteiger partial charge in [-0.15, -0.1) is 0 Å². The zero-order valence-electron chi connectivity index (χ0n) is 14.2. The van der Waals surface area contributed by atoms with Gasteiger partial charge in [0.2, 0.25) is 5.91 Å². The third kappa shape index (κ3) is 4.24. The molecule has 0 bridgehead atoms. The van der Waals surface area contributed by atoms with Gasteiger partial charge in [0.15, 0.2) is 0 Å². The summed E-state index contributed by atoms with van der Waals surface area (Å²) in [5.41, 5.74) is 0.778. The van der Waals surface area contributed by atoms with Crippen LogP contribution in [0.2, 0.25) is 0 Å². The molecule has 1 fully saturated rings. The molecule has 1 saturated heterocycles. The van der Waals surface area contributed by atoms with Crippen molar-refractivity contribution < 1.29 is 14.3 Å². The average Bonchev–Trinajstić information content (AvgIpc) is 3.14. The molecule has 0 spiro atoms. The molecule has 2 atom stereocenters. The summed E-state index contributed by atoms with van der Waals surface area (Å²) in [4.78, 5) is 14.3. The monoisotopic (exact) mass is 346 g/mol. The molecule has 134 valence electrons. The van der Waals surface area contributed by atoms with Gasteiger partial charge in [0.1, 0.15) is 11.6 Å². The molecule has 2 heterocycles. The van der Waals surface area contributed by atoms with Crippen LogP contribution in [0.3, 0.4) is 0 Å². The van der Waals surface area contributed by atoms with Crippen LogP contribution >= 0.6 is 0 Å². The number of amides is 1. The lowest BCUT2D eigenvalue weighted by molar-refractivity contribution is -0.117. The van der Waals surface area contributed by atoms with Gasteiger partial charge in [-0.25, -0.2) is 9.07 Å². The SMILES string of the molecule is CCCn1nccc1NC(=O)CN1CC(O)CC1c1cccc(F)c1. The summed E-state index contributed by atoms with van der Waals surface area (Å²) >= 11 is 0. The number of hydrogen-bond donors (Lipinski definition) is 2. The van der Waals surface area contributed by atoms with E-state index in [0.29, 0.717) is 18.8 Å². The number of hydrogen-bond acceptors (Lipinski definition) is 4. The molecule has 0 radical (unpaired) electrons. The molecular weight excluding hydrogens is 323 g/mol. The summed E-state index contributed by atoms with van der Waals surface area (Å²) in [6, 6.07) is 7.92. The summed E-state index contributed by atoms with van der Waals surface area (Å²) in [5, 5.41) is 17.0. The number of aryl methyl sites for hydroxylation is 1. The molecule has 2 unspecified atom stereocenters. The van der Waals surface area contributed by atoms with Crippen LogP contribution < -0.4 is 5.32 Å². The fraction of sp³-hybridized carbons (Fsp3) is 0.444. The maximum atomic E-state index is 13.5. The van der Waals surface area contributed by atoms with Crippen molar-refractivity contribution in [1.29, 1.82) is 0 Å². The highest BCUT2D eigenvalue weighted by atomic mass is 19.1. The number of carbonyl (C=O) groups is 1. The van der Waals surface area contributed by atoms with Gasteiger partial charge in [0.25, 0.3) is 0 Å². The molecule has 6 nitrogen and oxygen atoms in total. The number of rotatable bonds is 6. The number of carbonyl (C=O) groups excluding carboxylic acids is 1. The second-order valence-electron chi connectivity index (χ2n) is 6.38. The average molecular weight is 346 g/mol. The van der Waals surface area contributed by atoms with Gasteiger partial charge < -0.3 is 10.4 Å².